The van der Waals surface area contributed by atoms with Gasteiger partial charge in [0, 0.05) is 0 Å². The van der Waals surface area contributed by atoms with Crippen molar-refractivity contribution in [3.63, 3.8) is 0 Å². The Hall–Kier alpha value is -1.56. The van der Waals surface area contributed by atoms with E-state index in [-0.39, 0.29) is 20.3 Å². The van der Waals surface area contributed by atoms with Gasteiger partial charge in [-0.2, -0.15) is 32.5 Å². The molecule has 0 aliphatic heterocycles. The maximum Gasteiger partial charge on any atom is 1.00 e. The van der Waals surface area contributed by atoms with Crippen LogP contribution in [0.25, 0.3) is 0 Å². The van der Waals surface area contributed by atoms with Crippen LogP contribution in [0.4, 0.5) is 22.0 Å². The summed E-state index contributed by atoms with van der Waals surface area (Å²) in [6.07, 6.45) is -5.84. The normalized spacial score (nSPS) is 11.2. The van der Waals surface area contributed by atoms with E-state index < -0.39 is 29.3 Å². The average Bonchev–Trinajstić information content (AvgIpc) is 2.59. The number of H-pyrrole nitrogens is 1. The SMILES string of the molecule is N#Cc1nc(C(F)(F)C(F)(F)F)[nH]c1C#N.[H-].[Li+]. The summed E-state index contributed by atoms with van der Waals surface area (Å²) >= 11 is 0. The Bertz CT molecular complexity index is 466. The molecular weight excluding hydrogens is 242 g/mol. The maximum absolute atomic E-state index is 12.7. The van der Waals surface area contributed by atoms with Crippen LogP contribution in [0.1, 0.15) is 18.6 Å². The molecule has 4 nitrogen and oxygen atoms in total. The van der Waals surface area contributed by atoms with E-state index in [1.807, 2.05) is 0 Å². The fourth-order valence-electron chi connectivity index (χ4n) is 0.818. The van der Waals surface area contributed by atoms with Gasteiger partial charge in [-0.05, 0) is 0 Å². The fourth-order valence-corrected chi connectivity index (χ4v) is 0.818. The van der Waals surface area contributed by atoms with Gasteiger partial charge in [-0.1, -0.05) is 0 Å². The molecule has 1 heterocycles. The molecule has 1 aromatic heterocycles. The van der Waals surface area contributed by atoms with Gasteiger partial charge < -0.3 is 6.41 Å². The van der Waals surface area contributed by atoms with E-state index in [9.17, 15) is 22.0 Å². The smallest absolute Gasteiger partial charge is 1.00 e. The quantitative estimate of drug-likeness (QED) is 0.504. The predicted octanol–water partition coefficient (Wildman–Crippen LogP) is -1.08. The minimum absolute atomic E-state index is 0. The summed E-state index contributed by atoms with van der Waals surface area (Å²) in [4.78, 5) is 4.19. The molecule has 10 heteroatoms. The van der Waals surface area contributed by atoms with Crippen LogP contribution < -0.4 is 18.9 Å². The number of nitrogens with zero attached hydrogens (tertiary/aromatic N) is 3. The van der Waals surface area contributed by atoms with E-state index >= 15 is 0 Å². The second-order valence-corrected chi connectivity index (χ2v) is 2.60. The van der Waals surface area contributed by atoms with Crippen molar-refractivity contribution in [3.05, 3.63) is 17.2 Å². The Morgan fingerprint density at radius 2 is 1.65 bits per heavy atom. The fraction of sp³-hybridized carbons (Fsp3) is 0.286. The summed E-state index contributed by atoms with van der Waals surface area (Å²) in [5.41, 5.74) is -1.54. The molecule has 0 spiro atoms. The number of rotatable bonds is 1. The summed E-state index contributed by atoms with van der Waals surface area (Å²) < 4.78 is 61.1. The monoisotopic (exact) mass is 244 g/mol. The Morgan fingerprint density at radius 1 is 1.12 bits per heavy atom. The molecule has 0 fully saturated rings. The Kier molecular flexibility index (Phi) is 4.31. The van der Waals surface area contributed by atoms with Crippen LogP contribution in [0, 0.1) is 22.7 Å². The second-order valence-electron chi connectivity index (χ2n) is 2.60. The summed E-state index contributed by atoms with van der Waals surface area (Å²) in [6.45, 7) is 0. The van der Waals surface area contributed by atoms with Gasteiger partial charge in [-0.3, -0.25) is 0 Å². The van der Waals surface area contributed by atoms with Gasteiger partial charge in [-0.15, -0.1) is 0 Å². The van der Waals surface area contributed by atoms with Crippen molar-refractivity contribution in [2.24, 2.45) is 0 Å². The van der Waals surface area contributed by atoms with Crippen LogP contribution in [0.5, 0.6) is 0 Å². The molecule has 86 valence electrons. The van der Waals surface area contributed by atoms with Gasteiger partial charge in [0.15, 0.2) is 17.2 Å². The summed E-state index contributed by atoms with van der Waals surface area (Å²) in [7, 11) is 0. The number of nitrogens with one attached hydrogen (secondary N) is 1. The molecular formula is C7H2F5LiN4. The van der Waals surface area contributed by atoms with Crippen molar-refractivity contribution in [3.8, 4) is 12.1 Å². The van der Waals surface area contributed by atoms with Crippen LogP contribution in [-0.2, 0) is 5.92 Å². The summed E-state index contributed by atoms with van der Waals surface area (Å²) in [5.74, 6) is -7.00. The van der Waals surface area contributed by atoms with E-state index in [1.165, 1.54) is 17.1 Å². The number of aromatic amines is 1. The number of hydrogen-bond donors (Lipinski definition) is 1. The van der Waals surface area contributed by atoms with E-state index in [2.05, 4.69) is 4.98 Å². The van der Waals surface area contributed by atoms with Gasteiger partial charge in [0.25, 0.3) is 0 Å². The molecule has 0 saturated carbocycles. The van der Waals surface area contributed by atoms with Crippen LogP contribution in [0.3, 0.4) is 0 Å². The molecule has 0 bridgehead atoms. The van der Waals surface area contributed by atoms with Crippen molar-refractivity contribution in [1.82, 2.24) is 9.97 Å². The van der Waals surface area contributed by atoms with Gasteiger partial charge in [0.05, 0.1) is 0 Å². The largest absolute Gasteiger partial charge is 1.00 e. The first-order valence-electron chi connectivity index (χ1n) is 3.59. The van der Waals surface area contributed by atoms with Crippen molar-refractivity contribution < 1.29 is 42.2 Å². The van der Waals surface area contributed by atoms with Gasteiger partial charge in [0.1, 0.15) is 12.1 Å². The number of halogens is 5. The number of aromatic nitrogens is 2. The predicted molar refractivity (Wildman–Crippen MR) is 39.1 cm³/mol. The molecule has 0 atom stereocenters. The van der Waals surface area contributed by atoms with E-state index in [0.717, 1.165) is 0 Å². The number of nitriles is 2. The molecule has 17 heavy (non-hydrogen) atoms. The Morgan fingerprint density at radius 3 is 1.94 bits per heavy atom. The summed E-state index contributed by atoms with van der Waals surface area (Å²) in [5, 5.41) is 16.7. The summed E-state index contributed by atoms with van der Waals surface area (Å²) in [6, 6.07) is 2.47. The zero-order chi connectivity index (χ0) is 12.6. The number of alkyl halides is 5. The van der Waals surface area contributed by atoms with Crippen LogP contribution in [-0.4, -0.2) is 16.1 Å². The van der Waals surface area contributed by atoms with E-state index in [1.54, 1.807) is 0 Å². The van der Waals surface area contributed by atoms with Crippen molar-refractivity contribution >= 4 is 0 Å². The van der Waals surface area contributed by atoms with Gasteiger partial charge in [-0.25, -0.2) is 4.98 Å². The standard InChI is InChI=1S/C7HF5N4.Li.H/c8-6(9,7(10,11)12)5-15-3(1-13)4(2-14)16-5;;/h(H,15,16);;/q;+1;-1. The minimum atomic E-state index is -5.84. The first-order chi connectivity index (χ1) is 7.24. The van der Waals surface area contributed by atoms with Crippen molar-refractivity contribution in [1.29, 1.82) is 10.5 Å². The Labute approximate surface area is 105 Å². The molecule has 0 saturated heterocycles. The molecule has 1 N–H and O–H groups in total. The van der Waals surface area contributed by atoms with Gasteiger partial charge >= 0.3 is 31.0 Å². The topological polar surface area (TPSA) is 76.3 Å². The minimum Gasteiger partial charge on any atom is -1.00 e. The third kappa shape index (κ3) is 2.58. The first kappa shape index (κ1) is 15.4. The average molecular weight is 244 g/mol. The van der Waals surface area contributed by atoms with Crippen LogP contribution >= 0.6 is 0 Å². The third-order valence-electron chi connectivity index (χ3n) is 1.57. The second kappa shape index (κ2) is 4.75. The molecule has 1 rings (SSSR count). The molecule has 1 aromatic rings. The third-order valence-corrected chi connectivity index (χ3v) is 1.57. The molecule has 0 aliphatic rings. The Balaban J connectivity index is 0. The van der Waals surface area contributed by atoms with Crippen molar-refractivity contribution in [2.45, 2.75) is 12.1 Å². The van der Waals surface area contributed by atoms with E-state index in [4.69, 9.17) is 10.5 Å². The zero-order valence-electron chi connectivity index (χ0n) is 9.23. The first-order valence-corrected chi connectivity index (χ1v) is 3.59. The molecule has 0 aromatic carbocycles. The van der Waals surface area contributed by atoms with Crippen LogP contribution in [0.2, 0.25) is 0 Å². The molecule has 0 amide bonds. The van der Waals surface area contributed by atoms with E-state index in [0.29, 0.717) is 0 Å². The molecule has 0 radical (unpaired) electrons. The van der Waals surface area contributed by atoms with Crippen molar-refractivity contribution in [2.75, 3.05) is 0 Å². The number of hydrogen-bond acceptors (Lipinski definition) is 3. The number of imidazole rings is 1. The zero-order valence-corrected chi connectivity index (χ0v) is 8.23. The van der Waals surface area contributed by atoms with Gasteiger partial charge in [0.2, 0.25) is 0 Å². The maximum atomic E-state index is 12.7. The molecule has 0 aliphatic carbocycles. The molecule has 0 unspecified atom stereocenters. The van der Waals surface area contributed by atoms with Crippen LogP contribution in [0.15, 0.2) is 0 Å².